The van der Waals surface area contributed by atoms with Crippen LogP contribution in [-0.4, -0.2) is 35.9 Å². The number of anilines is 1. The minimum atomic E-state index is 0.0158. The van der Waals surface area contributed by atoms with E-state index in [1.807, 2.05) is 25.3 Å². The number of pyridine rings is 2. The minimum absolute atomic E-state index is 0.0158. The van der Waals surface area contributed by atoms with Crippen LogP contribution in [-0.2, 0) is 11.8 Å². The Hall–Kier alpha value is -2.14. The van der Waals surface area contributed by atoms with Crippen molar-refractivity contribution in [1.82, 2.24) is 9.55 Å². The Morgan fingerprint density at radius 3 is 2.73 bits per heavy atom. The van der Waals surface area contributed by atoms with Crippen LogP contribution in [0.2, 0.25) is 0 Å². The van der Waals surface area contributed by atoms with Gasteiger partial charge in [-0.3, -0.25) is 9.78 Å². The molecule has 0 amide bonds. The van der Waals surface area contributed by atoms with Crippen molar-refractivity contribution in [2.75, 3.05) is 31.2 Å². The quantitative estimate of drug-likeness (QED) is 0.848. The van der Waals surface area contributed by atoms with Crippen LogP contribution in [0.25, 0.3) is 11.1 Å². The van der Waals surface area contributed by atoms with Gasteiger partial charge in [0.2, 0.25) is 0 Å². The summed E-state index contributed by atoms with van der Waals surface area (Å²) in [5.74, 6) is 0. The van der Waals surface area contributed by atoms with Gasteiger partial charge in [-0.15, -0.1) is 0 Å². The first-order valence-electron chi connectivity index (χ1n) is 7.38. The van der Waals surface area contributed by atoms with Gasteiger partial charge in [0.25, 0.3) is 5.56 Å². The lowest BCUT2D eigenvalue weighted by Gasteiger charge is -2.28. The molecule has 0 aromatic carbocycles. The molecule has 0 atom stereocenters. The van der Waals surface area contributed by atoms with Crippen molar-refractivity contribution in [2.45, 2.75) is 6.92 Å². The number of aryl methyl sites for hydroxylation is 2. The van der Waals surface area contributed by atoms with E-state index >= 15 is 0 Å². The Labute approximate surface area is 130 Å². The van der Waals surface area contributed by atoms with E-state index in [9.17, 15) is 4.79 Å². The van der Waals surface area contributed by atoms with E-state index in [2.05, 4.69) is 16.8 Å². The molecule has 0 unspecified atom stereocenters. The summed E-state index contributed by atoms with van der Waals surface area (Å²) in [6.07, 6.45) is 3.61. The van der Waals surface area contributed by atoms with Crippen LogP contribution in [0.5, 0.6) is 0 Å². The molecule has 0 N–H and O–H groups in total. The van der Waals surface area contributed by atoms with Gasteiger partial charge in [0, 0.05) is 49.4 Å². The molecule has 1 saturated heterocycles. The van der Waals surface area contributed by atoms with Gasteiger partial charge in [-0.2, -0.15) is 0 Å². The summed E-state index contributed by atoms with van der Waals surface area (Å²) >= 11 is 0. The van der Waals surface area contributed by atoms with Crippen molar-refractivity contribution in [3.8, 4) is 11.1 Å². The van der Waals surface area contributed by atoms with Gasteiger partial charge in [0.05, 0.1) is 13.2 Å². The molecule has 5 nitrogen and oxygen atoms in total. The predicted molar refractivity (Wildman–Crippen MR) is 87.1 cm³/mol. The summed E-state index contributed by atoms with van der Waals surface area (Å²) in [5, 5.41) is 0. The maximum absolute atomic E-state index is 12.5. The van der Waals surface area contributed by atoms with Crippen molar-refractivity contribution in [3.05, 3.63) is 53.1 Å². The van der Waals surface area contributed by atoms with Crippen molar-refractivity contribution in [1.29, 1.82) is 0 Å². The molecule has 3 heterocycles. The summed E-state index contributed by atoms with van der Waals surface area (Å²) in [5.41, 5.74) is 4.53. The Kier molecular flexibility index (Phi) is 3.98. The number of morpholine rings is 1. The number of rotatable bonds is 2. The van der Waals surface area contributed by atoms with Crippen LogP contribution >= 0.6 is 0 Å². The van der Waals surface area contributed by atoms with E-state index < -0.39 is 0 Å². The van der Waals surface area contributed by atoms with E-state index in [-0.39, 0.29) is 5.56 Å². The lowest BCUT2D eigenvalue weighted by Crippen LogP contribution is -2.40. The van der Waals surface area contributed by atoms with Crippen molar-refractivity contribution in [2.24, 2.45) is 7.05 Å². The Morgan fingerprint density at radius 1 is 1.27 bits per heavy atom. The normalized spacial score (nSPS) is 15.1. The van der Waals surface area contributed by atoms with E-state index in [1.54, 1.807) is 17.8 Å². The molecule has 3 rings (SSSR count). The van der Waals surface area contributed by atoms with E-state index in [0.29, 0.717) is 13.2 Å². The van der Waals surface area contributed by atoms with Gasteiger partial charge in [0.1, 0.15) is 5.69 Å². The second kappa shape index (κ2) is 5.93. The monoisotopic (exact) mass is 298 g/mol. The number of nitrogens with zero attached hydrogens (tertiary/aromatic N) is 3. The highest BCUT2D eigenvalue weighted by atomic mass is 16.5. The topological polar surface area (TPSA) is 47.4 Å². The van der Waals surface area contributed by atoms with Gasteiger partial charge < -0.3 is 14.2 Å². The zero-order chi connectivity index (χ0) is 15.7. The van der Waals surface area contributed by atoms with Gasteiger partial charge >= 0.3 is 0 Å². The van der Waals surface area contributed by atoms with Crippen LogP contribution in [0.1, 0.15) is 11.3 Å². The predicted octanol–water partition coefficient (Wildman–Crippen LogP) is 1.77. The Balaban J connectivity index is 2.11. The molecule has 0 spiro atoms. The van der Waals surface area contributed by atoms with Gasteiger partial charge in [-0.05, 0) is 31.5 Å². The second-order valence-corrected chi connectivity index (χ2v) is 5.61. The van der Waals surface area contributed by atoms with E-state index in [0.717, 1.165) is 41.2 Å². The third-order valence-corrected chi connectivity index (χ3v) is 3.97. The average molecular weight is 298 g/mol. The van der Waals surface area contributed by atoms with Gasteiger partial charge in [0.15, 0.2) is 0 Å². The molecule has 0 aliphatic carbocycles. The Morgan fingerprint density at radius 2 is 2.00 bits per heavy atom. The molecule has 1 fully saturated rings. The smallest absolute Gasteiger partial charge is 0.273 e. The van der Waals surface area contributed by atoms with Crippen molar-refractivity contribution >= 4 is 5.69 Å². The molecule has 115 valence electrons. The third kappa shape index (κ3) is 2.76. The fraction of sp³-hybridized carbons (Fsp3) is 0.353. The van der Waals surface area contributed by atoms with Crippen LogP contribution < -0.4 is 10.5 Å². The maximum atomic E-state index is 12.5. The fourth-order valence-electron chi connectivity index (χ4n) is 2.74. The maximum Gasteiger partial charge on any atom is 0.273 e. The zero-order valence-electron chi connectivity index (χ0n) is 13.0. The average Bonchev–Trinajstić information content (AvgIpc) is 2.53. The van der Waals surface area contributed by atoms with Gasteiger partial charge in [-0.1, -0.05) is 0 Å². The number of hydrogen-bond acceptors (Lipinski definition) is 4. The lowest BCUT2D eigenvalue weighted by atomic mass is 10.0. The van der Waals surface area contributed by atoms with E-state index in [4.69, 9.17) is 4.74 Å². The standard InChI is InChI=1S/C17H20N3O2/c1-12-8-15(13(2)18-10-12)14-9-16(17(21)19(3)11-14)20-4-6-22-7-5-20/h8-11H,1,4-7H2,2-3H3. The first-order chi connectivity index (χ1) is 10.6. The van der Waals surface area contributed by atoms with Gasteiger partial charge in [-0.25, -0.2) is 0 Å². The molecule has 1 aliphatic rings. The first kappa shape index (κ1) is 14.8. The summed E-state index contributed by atoms with van der Waals surface area (Å²) < 4.78 is 7.01. The number of ether oxygens (including phenoxy) is 1. The molecule has 1 radical (unpaired) electrons. The van der Waals surface area contributed by atoms with Crippen LogP contribution in [0.15, 0.2) is 29.3 Å². The van der Waals surface area contributed by atoms with Crippen LogP contribution in [0.4, 0.5) is 5.69 Å². The SMILES string of the molecule is [CH2]c1cnc(C)c(-c2cc(N3CCOCC3)c(=O)n(C)c2)c1. The highest BCUT2D eigenvalue weighted by Gasteiger charge is 2.17. The highest BCUT2D eigenvalue weighted by molar-refractivity contribution is 5.69. The summed E-state index contributed by atoms with van der Waals surface area (Å²) in [6.45, 7) is 8.70. The Bertz CT molecular complexity index is 746. The lowest BCUT2D eigenvalue weighted by molar-refractivity contribution is 0.122. The van der Waals surface area contributed by atoms with Crippen LogP contribution in [0, 0.1) is 13.8 Å². The summed E-state index contributed by atoms with van der Waals surface area (Å²) in [4.78, 5) is 18.9. The summed E-state index contributed by atoms with van der Waals surface area (Å²) in [6, 6.07) is 3.96. The molecular formula is C17H20N3O2. The molecule has 2 aromatic rings. The van der Waals surface area contributed by atoms with Crippen LogP contribution in [0.3, 0.4) is 0 Å². The number of aromatic nitrogens is 2. The fourth-order valence-corrected chi connectivity index (χ4v) is 2.74. The molecule has 0 bridgehead atoms. The van der Waals surface area contributed by atoms with Crippen molar-refractivity contribution in [3.63, 3.8) is 0 Å². The summed E-state index contributed by atoms with van der Waals surface area (Å²) in [7, 11) is 1.78. The zero-order valence-corrected chi connectivity index (χ0v) is 13.0. The highest BCUT2D eigenvalue weighted by Crippen LogP contribution is 2.25. The first-order valence-corrected chi connectivity index (χ1v) is 7.38. The molecule has 5 heteroatoms. The third-order valence-electron chi connectivity index (χ3n) is 3.97. The minimum Gasteiger partial charge on any atom is -0.378 e. The number of hydrogen-bond donors (Lipinski definition) is 0. The largest absolute Gasteiger partial charge is 0.378 e. The molecule has 2 aromatic heterocycles. The molecule has 0 saturated carbocycles. The second-order valence-electron chi connectivity index (χ2n) is 5.61. The molecule has 1 aliphatic heterocycles. The molecular weight excluding hydrogens is 278 g/mol. The van der Waals surface area contributed by atoms with E-state index in [1.165, 1.54) is 0 Å². The van der Waals surface area contributed by atoms with Crippen molar-refractivity contribution < 1.29 is 4.74 Å². The molecule has 22 heavy (non-hydrogen) atoms.